The maximum atomic E-state index is 13.2. The Hall–Kier alpha value is -2.23. The summed E-state index contributed by atoms with van der Waals surface area (Å²) in [7, 11) is 0. The molecule has 90 valence electrons. The minimum Gasteiger partial charge on any atom is -0.320 e. The summed E-state index contributed by atoms with van der Waals surface area (Å²) in [4.78, 5) is 6.08. The molecule has 2 heterocycles. The summed E-state index contributed by atoms with van der Waals surface area (Å²) in [6.07, 6.45) is 1.73. The van der Waals surface area contributed by atoms with Crippen LogP contribution in [0, 0.1) is 18.2 Å². The van der Waals surface area contributed by atoms with Crippen molar-refractivity contribution >= 4 is 11.5 Å². The molecule has 0 aliphatic carbocycles. The van der Waals surface area contributed by atoms with E-state index in [4.69, 9.17) is 5.41 Å². The predicted molar refractivity (Wildman–Crippen MR) is 68.4 cm³/mol. The van der Waals surface area contributed by atoms with E-state index < -0.39 is 0 Å². The average molecular weight is 241 g/mol. The van der Waals surface area contributed by atoms with E-state index >= 15 is 0 Å². The number of hydrogen-bond donors (Lipinski definition) is 1. The zero-order chi connectivity index (χ0) is 12.7. The molecule has 2 aromatic rings. The van der Waals surface area contributed by atoms with Gasteiger partial charge in [0.25, 0.3) is 0 Å². The Morgan fingerprint density at radius 1 is 1.33 bits per heavy atom. The van der Waals surface area contributed by atoms with Gasteiger partial charge in [0.15, 0.2) is 0 Å². The normalized spacial score (nSPS) is 13.9. The fourth-order valence-corrected chi connectivity index (χ4v) is 2.27. The molecule has 1 aliphatic rings. The van der Waals surface area contributed by atoms with E-state index in [-0.39, 0.29) is 5.82 Å². The van der Waals surface area contributed by atoms with Gasteiger partial charge in [-0.1, -0.05) is 6.07 Å². The van der Waals surface area contributed by atoms with Gasteiger partial charge in [-0.2, -0.15) is 0 Å². The lowest BCUT2D eigenvalue weighted by molar-refractivity contribution is 0.627. The van der Waals surface area contributed by atoms with E-state index in [1.807, 2.05) is 24.0 Å². The molecule has 1 aliphatic heterocycles. The molecule has 3 nitrogen and oxygen atoms in total. The summed E-state index contributed by atoms with van der Waals surface area (Å²) in [5.41, 5.74) is 3.41. The molecule has 18 heavy (non-hydrogen) atoms. The molecule has 3 rings (SSSR count). The Balaban J connectivity index is 2.05. The number of fused-ring (bicyclic) bond motifs is 1. The first-order valence-corrected chi connectivity index (χ1v) is 5.73. The van der Waals surface area contributed by atoms with Crippen LogP contribution in [0.4, 0.5) is 10.1 Å². The van der Waals surface area contributed by atoms with E-state index in [9.17, 15) is 4.39 Å². The van der Waals surface area contributed by atoms with Crippen molar-refractivity contribution in [3.05, 3.63) is 59.2 Å². The van der Waals surface area contributed by atoms with Gasteiger partial charge in [-0.25, -0.2) is 4.39 Å². The fraction of sp³-hybridized carbons (Fsp3) is 0.143. The van der Waals surface area contributed by atoms with Gasteiger partial charge in [-0.15, -0.1) is 0 Å². The molecule has 4 heteroatoms. The molecule has 0 saturated heterocycles. The average Bonchev–Trinajstić information content (AvgIpc) is 2.68. The topological polar surface area (TPSA) is 40.0 Å². The molecule has 1 aromatic carbocycles. The van der Waals surface area contributed by atoms with Crippen molar-refractivity contribution in [2.75, 3.05) is 4.90 Å². The van der Waals surface area contributed by atoms with E-state index in [0.29, 0.717) is 17.9 Å². The first-order valence-electron chi connectivity index (χ1n) is 5.73. The number of halogens is 1. The lowest BCUT2D eigenvalue weighted by Gasteiger charge is -2.19. The molecule has 0 unspecified atom stereocenters. The van der Waals surface area contributed by atoms with E-state index in [0.717, 1.165) is 16.9 Å². The van der Waals surface area contributed by atoms with Crippen molar-refractivity contribution < 1.29 is 4.39 Å². The Morgan fingerprint density at radius 2 is 2.17 bits per heavy atom. The number of hydrogen-bond acceptors (Lipinski definition) is 2. The number of rotatable bonds is 1. The van der Waals surface area contributed by atoms with E-state index in [1.165, 1.54) is 12.1 Å². The van der Waals surface area contributed by atoms with Crippen LogP contribution in [0.1, 0.15) is 16.8 Å². The lowest BCUT2D eigenvalue weighted by atomic mass is 10.1. The fourth-order valence-electron chi connectivity index (χ4n) is 2.27. The highest BCUT2D eigenvalue weighted by Gasteiger charge is 2.26. The molecule has 0 atom stereocenters. The van der Waals surface area contributed by atoms with Crippen LogP contribution in [0.5, 0.6) is 0 Å². The Morgan fingerprint density at radius 3 is 2.94 bits per heavy atom. The quantitative estimate of drug-likeness (QED) is 0.833. The third kappa shape index (κ3) is 1.57. The highest BCUT2D eigenvalue weighted by molar-refractivity contribution is 6.11. The lowest BCUT2D eigenvalue weighted by Crippen LogP contribution is -2.24. The molecule has 0 bridgehead atoms. The number of anilines is 1. The minimum atomic E-state index is -0.303. The molecule has 0 amide bonds. The van der Waals surface area contributed by atoms with Gasteiger partial charge in [0.1, 0.15) is 11.7 Å². The zero-order valence-electron chi connectivity index (χ0n) is 9.94. The number of aryl methyl sites for hydroxylation is 1. The Labute approximate surface area is 104 Å². The van der Waals surface area contributed by atoms with Gasteiger partial charge in [0.2, 0.25) is 0 Å². The second-order valence-electron chi connectivity index (χ2n) is 4.34. The number of nitrogens with zero attached hydrogens (tertiary/aromatic N) is 2. The first kappa shape index (κ1) is 10.9. The van der Waals surface area contributed by atoms with Crippen LogP contribution in [0.15, 0.2) is 36.5 Å². The standard InChI is InChI=1S/C14H12FN3/c1-9-13(3-2-6-17-9)18-8-10-4-5-11(15)7-12(10)14(18)16/h2-7,16H,8H2,1H3. The zero-order valence-corrected chi connectivity index (χ0v) is 9.94. The number of aromatic nitrogens is 1. The monoisotopic (exact) mass is 241 g/mol. The molecular formula is C14H12FN3. The van der Waals surface area contributed by atoms with Crippen LogP contribution in [0.3, 0.4) is 0 Å². The van der Waals surface area contributed by atoms with Gasteiger partial charge >= 0.3 is 0 Å². The van der Waals surface area contributed by atoms with Crippen LogP contribution in [-0.2, 0) is 6.54 Å². The maximum Gasteiger partial charge on any atom is 0.133 e. The highest BCUT2D eigenvalue weighted by atomic mass is 19.1. The first-order chi connectivity index (χ1) is 8.66. The number of benzene rings is 1. The molecule has 0 spiro atoms. The summed E-state index contributed by atoms with van der Waals surface area (Å²) in [5, 5.41) is 8.15. The molecule has 0 saturated carbocycles. The smallest absolute Gasteiger partial charge is 0.133 e. The maximum absolute atomic E-state index is 13.2. The van der Waals surface area contributed by atoms with Gasteiger partial charge in [0.05, 0.1) is 17.9 Å². The van der Waals surface area contributed by atoms with Crippen LogP contribution >= 0.6 is 0 Å². The summed E-state index contributed by atoms with van der Waals surface area (Å²) >= 11 is 0. The van der Waals surface area contributed by atoms with Gasteiger partial charge in [-0.05, 0) is 36.8 Å². The van der Waals surface area contributed by atoms with Crippen LogP contribution in [-0.4, -0.2) is 10.8 Å². The van der Waals surface area contributed by atoms with Crippen molar-refractivity contribution in [1.29, 1.82) is 5.41 Å². The second-order valence-corrected chi connectivity index (χ2v) is 4.34. The van der Waals surface area contributed by atoms with Gasteiger partial charge in [0, 0.05) is 11.8 Å². The minimum absolute atomic E-state index is 0.303. The van der Waals surface area contributed by atoms with Crippen molar-refractivity contribution in [3.8, 4) is 0 Å². The molecule has 1 aromatic heterocycles. The highest BCUT2D eigenvalue weighted by Crippen LogP contribution is 2.29. The number of nitrogens with one attached hydrogen (secondary N) is 1. The summed E-state index contributed by atoms with van der Waals surface area (Å²) < 4.78 is 13.2. The summed E-state index contributed by atoms with van der Waals surface area (Å²) in [6.45, 7) is 2.51. The molecule has 0 fully saturated rings. The SMILES string of the molecule is Cc1ncccc1N1Cc2ccc(F)cc2C1=N. The van der Waals surface area contributed by atoms with Crippen molar-refractivity contribution in [2.24, 2.45) is 0 Å². The van der Waals surface area contributed by atoms with Crippen LogP contribution in [0.2, 0.25) is 0 Å². The van der Waals surface area contributed by atoms with Crippen LogP contribution < -0.4 is 4.90 Å². The van der Waals surface area contributed by atoms with E-state index in [2.05, 4.69) is 4.98 Å². The molecular weight excluding hydrogens is 229 g/mol. The third-order valence-electron chi connectivity index (χ3n) is 3.20. The van der Waals surface area contributed by atoms with Crippen molar-refractivity contribution in [3.63, 3.8) is 0 Å². The number of amidine groups is 1. The van der Waals surface area contributed by atoms with Crippen LogP contribution in [0.25, 0.3) is 0 Å². The molecule has 1 N–H and O–H groups in total. The van der Waals surface area contributed by atoms with E-state index in [1.54, 1.807) is 12.3 Å². The summed E-state index contributed by atoms with van der Waals surface area (Å²) in [5.74, 6) is 0.0314. The third-order valence-corrected chi connectivity index (χ3v) is 3.20. The Bertz CT molecular complexity index is 637. The van der Waals surface area contributed by atoms with Crippen molar-refractivity contribution in [2.45, 2.75) is 13.5 Å². The predicted octanol–water partition coefficient (Wildman–Crippen LogP) is 2.87. The van der Waals surface area contributed by atoms with Gasteiger partial charge in [-0.3, -0.25) is 10.4 Å². The second kappa shape index (κ2) is 3.91. The largest absolute Gasteiger partial charge is 0.320 e. The Kier molecular flexibility index (Phi) is 2.37. The molecule has 0 radical (unpaired) electrons. The number of pyridine rings is 1. The summed E-state index contributed by atoms with van der Waals surface area (Å²) in [6, 6.07) is 8.37. The van der Waals surface area contributed by atoms with Gasteiger partial charge < -0.3 is 4.90 Å². The van der Waals surface area contributed by atoms with Crippen molar-refractivity contribution in [1.82, 2.24) is 4.98 Å².